The molecule has 5 rings (SSSR count). The maximum absolute atomic E-state index is 13.6. The predicted octanol–water partition coefficient (Wildman–Crippen LogP) is 5.01. The van der Waals surface area contributed by atoms with Crippen molar-refractivity contribution >= 4 is 40.1 Å². The monoisotopic (exact) mass is 502 g/mol. The maximum atomic E-state index is 13.6. The van der Waals surface area contributed by atoms with Gasteiger partial charge in [-0.1, -0.05) is 60.3 Å². The summed E-state index contributed by atoms with van der Waals surface area (Å²) in [5, 5.41) is 9.09. The molecule has 9 heteroatoms. The normalized spacial score (nSPS) is 19.2. The fraction of sp³-hybridized carbons (Fsp3) is 0.185. The Kier molecular flexibility index (Phi) is 6.81. The third kappa shape index (κ3) is 5.16. The van der Waals surface area contributed by atoms with E-state index in [2.05, 4.69) is 10.3 Å². The number of thioether (sulfide) groups is 1. The Bertz CT molecular complexity index is 1340. The van der Waals surface area contributed by atoms with Crippen molar-refractivity contribution in [1.82, 2.24) is 5.01 Å². The molecule has 0 aromatic heterocycles. The number of methoxy groups -OCH3 is 1. The predicted molar refractivity (Wildman–Crippen MR) is 139 cm³/mol. The average Bonchev–Trinajstić information content (AvgIpc) is 3.49. The van der Waals surface area contributed by atoms with Crippen LogP contribution in [0.3, 0.4) is 0 Å². The van der Waals surface area contributed by atoms with E-state index in [0.717, 1.165) is 16.8 Å². The maximum Gasteiger partial charge on any atom is 0.262 e. The molecule has 182 valence electrons. The largest absolute Gasteiger partial charge is 0.497 e. The first kappa shape index (κ1) is 23.7. The zero-order valence-electron chi connectivity index (χ0n) is 19.4. The van der Waals surface area contributed by atoms with Gasteiger partial charge in [-0.25, -0.2) is 9.40 Å². The number of nitrogens with zero attached hydrogens (tertiary/aromatic N) is 3. The number of rotatable bonds is 6. The van der Waals surface area contributed by atoms with Crippen LogP contribution in [0.25, 0.3) is 0 Å². The molecule has 0 aliphatic carbocycles. The zero-order chi connectivity index (χ0) is 25.1. The second kappa shape index (κ2) is 10.3. The lowest BCUT2D eigenvalue weighted by atomic mass is 9.99. The number of hydrazone groups is 1. The van der Waals surface area contributed by atoms with E-state index in [1.54, 1.807) is 48.5 Å². The first-order valence-electron chi connectivity index (χ1n) is 11.4. The molecule has 0 spiro atoms. The lowest BCUT2D eigenvalue weighted by molar-refractivity contribution is -0.121. The summed E-state index contributed by atoms with van der Waals surface area (Å²) in [5.74, 6) is -0.373. The molecule has 3 aromatic carbocycles. The van der Waals surface area contributed by atoms with Gasteiger partial charge in [0, 0.05) is 24.6 Å². The fourth-order valence-electron chi connectivity index (χ4n) is 4.12. The highest BCUT2D eigenvalue weighted by atomic mass is 32.2. The highest BCUT2D eigenvalue weighted by Gasteiger charge is 2.39. The number of benzene rings is 3. The molecule has 2 amide bonds. The Labute approximate surface area is 212 Å². The summed E-state index contributed by atoms with van der Waals surface area (Å²) in [6.07, 6.45) is 0.544. The molecule has 3 aromatic rings. The van der Waals surface area contributed by atoms with Crippen molar-refractivity contribution < 1.29 is 18.7 Å². The van der Waals surface area contributed by atoms with Gasteiger partial charge in [-0.05, 0) is 35.4 Å². The molecule has 2 atom stereocenters. The minimum atomic E-state index is -0.657. The lowest BCUT2D eigenvalue weighted by Gasteiger charge is -2.23. The van der Waals surface area contributed by atoms with Crippen LogP contribution >= 0.6 is 11.8 Å². The summed E-state index contributed by atoms with van der Waals surface area (Å²) in [6.45, 7) is 0. The number of carbonyl (C=O) groups is 2. The summed E-state index contributed by atoms with van der Waals surface area (Å²) in [6, 6.07) is 22.8. The number of amides is 2. The molecule has 2 aliphatic heterocycles. The zero-order valence-corrected chi connectivity index (χ0v) is 20.2. The fourth-order valence-corrected chi connectivity index (χ4v) is 5.18. The highest BCUT2D eigenvalue weighted by molar-refractivity contribution is 8.15. The molecule has 2 aliphatic rings. The van der Waals surface area contributed by atoms with Gasteiger partial charge in [0.05, 0.1) is 18.9 Å². The van der Waals surface area contributed by atoms with Crippen LogP contribution in [0, 0.1) is 5.82 Å². The van der Waals surface area contributed by atoms with E-state index < -0.39 is 5.25 Å². The number of carbonyl (C=O) groups excluding carboxylic acids is 2. The van der Waals surface area contributed by atoms with Crippen LogP contribution < -0.4 is 10.1 Å². The Hall–Kier alpha value is -3.98. The Morgan fingerprint density at radius 3 is 2.64 bits per heavy atom. The van der Waals surface area contributed by atoms with Gasteiger partial charge in [-0.3, -0.25) is 9.59 Å². The summed E-state index contributed by atoms with van der Waals surface area (Å²) in [7, 11) is 1.55. The number of anilines is 1. The topological polar surface area (TPSA) is 83.4 Å². The lowest BCUT2D eigenvalue weighted by Crippen LogP contribution is -2.25. The molecule has 0 fully saturated rings. The van der Waals surface area contributed by atoms with E-state index in [9.17, 15) is 14.0 Å². The third-order valence-electron chi connectivity index (χ3n) is 5.92. The van der Waals surface area contributed by atoms with Crippen LogP contribution in [0.5, 0.6) is 5.75 Å². The molecular formula is C27H23FN4O3S. The average molecular weight is 503 g/mol. The molecule has 0 saturated carbocycles. The van der Waals surface area contributed by atoms with E-state index in [1.165, 1.54) is 23.9 Å². The van der Waals surface area contributed by atoms with Gasteiger partial charge in [0.1, 0.15) is 16.8 Å². The van der Waals surface area contributed by atoms with Crippen LogP contribution in [0.15, 0.2) is 89.0 Å². The molecule has 0 saturated heterocycles. The van der Waals surface area contributed by atoms with Crippen molar-refractivity contribution in [3.05, 3.63) is 95.8 Å². The van der Waals surface area contributed by atoms with Crippen molar-refractivity contribution in [2.75, 3.05) is 12.4 Å². The number of amidine groups is 1. The van der Waals surface area contributed by atoms with Crippen molar-refractivity contribution in [3.8, 4) is 5.75 Å². The molecule has 1 N–H and O–H groups in total. The standard InChI is InChI=1S/C27H23FN4O3S/c1-35-21-9-5-8-20(14-21)29-25(33)16-24-26(34)30-27(36-24)32-23(18-10-12-19(28)13-11-18)15-22(31-32)17-6-3-2-4-7-17/h2-14,23-24H,15-16H2,1H3,(H,29,33). The summed E-state index contributed by atoms with van der Waals surface area (Å²) < 4.78 is 18.8. The second-order valence-electron chi connectivity index (χ2n) is 8.35. The summed E-state index contributed by atoms with van der Waals surface area (Å²) >= 11 is 1.22. The first-order valence-corrected chi connectivity index (χ1v) is 12.3. The van der Waals surface area contributed by atoms with E-state index in [0.29, 0.717) is 23.0 Å². The van der Waals surface area contributed by atoms with Crippen molar-refractivity contribution in [1.29, 1.82) is 0 Å². The van der Waals surface area contributed by atoms with Crippen LogP contribution in [0.4, 0.5) is 10.1 Å². The van der Waals surface area contributed by atoms with Crippen LogP contribution in [0.1, 0.15) is 30.0 Å². The highest BCUT2D eigenvalue weighted by Crippen LogP contribution is 2.38. The van der Waals surface area contributed by atoms with Crippen LogP contribution in [-0.2, 0) is 9.59 Å². The van der Waals surface area contributed by atoms with Crippen molar-refractivity contribution in [2.45, 2.75) is 24.1 Å². The second-order valence-corrected chi connectivity index (χ2v) is 9.52. The molecule has 0 bridgehead atoms. The Morgan fingerprint density at radius 2 is 1.89 bits per heavy atom. The number of halogens is 1. The number of ether oxygens (including phenoxy) is 1. The van der Waals surface area contributed by atoms with E-state index in [-0.39, 0.29) is 30.1 Å². The number of aliphatic imine (C=N–C) groups is 1. The van der Waals surface area contributed by atoms with Gasteiger partial charge in [0.2, 0.25) is 5.91 Å². The minimum absolute atomic E-state index is 0.0297. The smallest absolute Gasteiger partial charge is 0.262 e. The van der Waals surface area contributed by atoms with E-state index in [4.69, 9.17) is 9.84 Å². The van der Waals surface area contributed by atoms with Crippen molar-refractivity contribution in [3.63, 3.8) is 0 Å². The summed E-state index contributed by atoms with van der Waals surface area (Å²) in [4.78, 5) is 29.6. The van der Waals surface area contributed by atoms with Crippen LogP contribution in [0.2, 0.25) is 0 Å². The number of hydrogen-bond acceptors (Lipinski definition) is 6. The Balaban J connectivity index is 1.33. The van der Waals surface area contributed by atoms with Gasteiger partial charge in [-0.15, -0.1) is 0 Å². The van der Waals surface area contributed by atoms with Gasteiger partial charge in [0.25, 0.3) is 5.91 Å². The van der Waals surface area contributed by atoms with Gasteiger partial charge in [-0.2, -0.15) is 10.1 Å². The van der Waals surface area contributed by atoms with Crippen molar-refractivity contribution in [2.24, 2.45) is 10.1 Å². The van der Waals surface area contributed by atoms with Gasteiger partial charge < -0.3 is 10.1 Å². The molecule has 36 heavy (non-hydrogen) atoms. The number of hydrogen-bond donors (Lipinski definition) is 1. The quantitative estimate of drug-likeness (QED) is 0.512. The van der Waals surface area contributed by atoms with Gasteiger partial charge in [0.15, 0.2) is 5.17 Å². The minimum Gasteiger partial charge on any atom is -0.497 e. The molecular weight excluding hydrogens is 479 g/mol. The third-order valence-corrected chi connectivity index (χ3v) is 7.06. The SMILES string of the molecule is COc1cccc(NC(=O)CC2SC(N3N=C(c4ccccc4)CC3c3ccc(F)cc3)=NC2=O)c1. The molecule has 2 unspecified atom stereocenters. The first-order chi connectivity index (χ1) is 17.5. The summed E-state index contributed by atoms with van der Waals surface area (Å²) in [5.41, 5.74) is 3.26. The molecule has 0 radical (unpaired) electrons. The number of nitrogens with one attached hydrogen (secondary N) is 1. The van der Waals surface area contributed by atoms with Gasteiger partial charge >= 0.3 is 0 Å². The van der Waals surface area contributed by atoms with E-state index >= 15 is 0 Å². The Morgan fingerprint density at radius 1 is 1.11 bits per heavy atom. The molecule has 2 heterocycles. The molecule has 7 nitrogen and oxygen atoms in total. The van der Waals surface area contributed by atoms with E-state index in [1.807, 2.05) is 30.3 Å². The van der Waals surface area contributed by atoms with Crippen LogP contribution in [-0.4, -0.2) is 40.1 Å².